The second kappa shape index (κ2) is 6.62. The van der Waals surface area contributed by atoms with Gasteiger partial charge in [0.1, 0.15) is 0 Å². The van der Waals surface area contributed by atoms with Crippen LogP contribution in [0.25, 0.3) is 0 Å². The maximum atomic E-state index is 10.8. The molecule has 2 nitrogen and oxygen atoms in total. The van der Waals surface area contributed by atoms with Crippen LogP contribution in [-0.2, 0) is 4.74 Å². The fourth-order valence-electron chi connectivity index (χ4n) is 8.13. The fourth-order valence-corrected chi connectivity index (χ4v) is 8.13. The number of rotatable bonds is 3. The van der Waals surface area contributed by atoms with Crippen molar-refractivity contribution in [1.82, 2.24) is 0 Å². The van der Waals surface area contributed by atoms with Crippen molar-refractivity contribution in [1.29, 1.82) is 0 Å². The molecule has 2 heteroatoms. The van der Waals surface area contributed by atoms with E-state index in [1.54, 1.807) is 5.57 Å². The summed E-state index contributed by atoms with van der Waals surface area (Å²) in [6.07, 6.45) is 13.7. The summed E-state index contributed by atoms with van der Waals surface area (Å²) in [5.41, 5.74) is 2.09. The van der Waals surface area contributed by atoms with Crippen LogP contribution in [0.2, 0.25) is 0 Å². The molecule has 0 radical (unpaired) electrons. The molecule has 4 saturated carbocycles. The molecule has 0 aliphatic heterocycles. The Kier molecular flexibility index (Phi) is 4.84. The van der Waals surface area contributed by atoms with Crippen molar-refractivity contribution in [2.45, 2.75) is 91.1 Å². The first kappa shape index (κ1) is 19.0. The van der Waals surface area contributed by atoms with Crippen molar-refractivity contribution in [3.8, 4) is 0 Å². The van der Waals surface area contributed by atoms with Crippen LogP contribution < -0.4 is 0 Å². The molecule has 1 N–H and O–H groups in total. The number of ether oxygens (including phenoxy) is 1. The average Bonchev–Trinajstić information content (AvgIpc) is 2.96. The van der Waals surface area contributed by atoms with Gasteiger partial charge in [0, 0.05) is 6.61 Å². The van der Waals surface area contributed by atoms with E-state index < -0.39 is 5.60 Å². The molecule has 0 heterocycles. The molecule has 0 aromatic rings. The van der Waals surface area contributed by atoms with Crippen molar-refractivity contribution < 1.29 is 9.84 Å². The van der Waals surface area contributed by atoms with Crippen molar-refractivity contribution in [2.24, 2.45) is 34.5 Å². The van der Waals surface area contributed by atoms with Crippen LogP contribution >= 0.6 is 0 Å². The Morgan fingerprint density at radius 2 is 1.88 bits per heavy atom. The standard InChI is InChI=1S/C24H40O2/c1-5-17-8-10-20-19-9-7-18-15-22(3,25)13-14-24(18,16-26-6-2)21(19)11-12-23(17,20)4/h5,18-21,25H,6-16H2,1-4H3/b17-5-. The summed E-state index contributed by atoms with van der Waals surface area (Å²) in [7, 11) is 0. The summed E-state index contributed by atoms with van der Waals surface area (Å²) >= 11 is 0. The summed E-state index contributed by atoms with van der Waals surface area (Å²) in [5.74, 6) is 3.24. The zero-order valence-corrected chi connectivity index (χ0v) is 17.5. The molecule has 4 rings (SSSR count). The molecular formula is C24H40O2. The van der Waals surface area contributed by atoms with Gasteiger partial charge in [-0.2, -0.15) is 0 Å². The lowest BCUT2D eigenvalue weighted by atomic mass is 9.44. The maximum absolute atomic E-state index is 10.8. The van der Waals surface area contributed by atoms with Gasteiger partial charge in [0.15, 0.2) is 0 Å². The molecular weight excluding hydrogens is 320 g/mol. The van der Waals surface area contributed by atoms with Crippen LogP contribution in [0.5, 0.6) is 0 Å². The van der Waals surface area contributed by atoms with Crippen molar-refractivity contribution >= 4 is 0 Å². The lowest BCUT2D eigenvalue weighted by Gasteiger charge is -2.62. The van der Waals surface area contributed by atoms with E-state index in [0.29, 0.717) is 16.7 Å². The Morgan fingerprint density at radius 3 is 2.62 bits per heavy atom. The lowest BCUT2D eigenvalue weighted by molar-refractivity contribution is -0.172. The van der Waals surface area contributed by atoms with E-state index in [1.165, 1.54) is 44.9 Å². The Morgan fingerprint density at radius 1 is 1.08 bits per heavy atom. The number of hydrogen-bond acceptors (Lipinski definition) is 2. The summed E-state index contributed by atoms with van der Waals surface area (Å²) in [6.45, 7) is 10.8. The second-order valence-corrected chi connectivity index (χ2v) is 10.5. The van der Waals surface area contributed by atoms with Gasteiger partial charge >= 0.3 is 0 Å². The average molecular weight is 361 g/mol. The van der Waals surface area contributed by atoms with E-state index >= 15 is 0 Å². The van der Waals surface area contributed by atoms with Crippen molar-refractivity contribution in [3.05, 3.63) is 11.6 Å². The van der Waals surface area contributed by atoms with Crippen LogP contribution in [0.3, 0.4) is 0 Å². The highest BCUT2D eigenvalue weighted by molar-refractivity contribution is 5.24. The Labute approximate surface area is 160 Å². The van der Waals surface area contributed by atoms with Gasteiger partial charge in [-0.05, 0) is 113 Å². The molecule has 26 heavy (non-hydrogen) atoms. The zero-order chi connectivity index (χ0) is 18.6. The molecule has 7 atom stereocenters. The van der Waals surface area contributed by atoms with Gasteiger partial charge in [-0.3, -0.25) is 0 Å². The monoisotopic (exact) mass is 360 g/mol. The number of fused-ring (bicyclic) bond motifs is 5. The molecule has 7 unspecified atom stereocenters. The number of aliphatic hydroxyl groups is 1. The smallest absolute Gasteiger partial charge is 0.0622 e. The van der Waals surface area contributed by atoms with Crippen molar-refractivity contribution in [2.75, 3.05) is 13.2 Å². The first-order chi connectivity index (χ1) is 12.4. The molecule has 148 valence electrons. The summed E-state index contributed by atoms with van der Waals surface area (Å²) in [4.78, 5) is 0. The zero-order valence-electron chi connectivity index (χ0n) is 17.5. The van der Waals surface area contributed by atoms with Crippen LogP contribution in [-0.4, -0.2) is 23.9 Å². The van der Waals surface area contributed by atoms with Crippen LogP contribution in [0, 0.1) is 34.5 Å². The quantitative estimate of drug-likeness (QED) is 0.650. The van der Waals surface area contributed by atoms with E-state index in [4.69, 9.17) is 4.74 Å². The normalized spacial score (nSPS) is 52.4. The molecule has 0 saturated heterocycles. The minimum Gasteiger partial charge on any atom is -0.390 e. The molecule has 4 aliphatic carbocycles. The molecule has 0 amide bonds. The predicted molar refractivity (Wildman–Crippen MR) is 107 cm³/mol. The molecule has 4 aliphatic rings. The molecule has 0 aromatic heterocycles. The predicted octanol–water partition coefficient (Wildman–Crippen LogP) is 5.74. The van der Waals surface area contributed by atoms with Crippen LogP contribution in [0.1, 0.15) is 85.5 Å². The highest BCUT2D eigenvalue weighted by atomic mass is 16.5. The van der Waals surface area contributed by atoms with Gasteiger partial charge in [-0.25, -0.2) is 0 Å². The summed E-state index contributed by atoms with van der Waals surface area (Å²) in [5, 5.41) is 10.8. The number of hydrogen-bond donors (Lipinski definition) is 1. The molecule has 0 aromatic carbocycles. The molecule has 0 spiro atoms. The van der Waals surface area contributed by atoms with Gasteiger partial charge in [0.25, 0.3) is 0 Å². The molecule has 4 fully saturated rings. The Bertz CT molecular complexity index is 565. The summed E-state index contributed by atoms with van der Waals surface area (Å²) in [6, 6.07) is 0. The number of allylic oxidation sites excluding steroid dienone is 2. The maximum Gasteiger partial charge on any atom is 0.0622 e. The minimum atomic E-state index is -0.456. The van der Waals surface area contributed by atoms with Gasteiger partial charge in [0.05, 0.1) is 12.2 Å². The highest BCUT2D eigenvalue weighted by Gasteiger charge is 2.61. The van der Waals surface area contributed by atoms with E-state index in [1.807, 2.05) is 0 Å². The lowest BCUT2D eigenvalue weighted by Crippen LogP contribution is -2.58. The van der Waals surface area contributed by atoms with Crippen LogP contribution in [0.15, 0.2) is 11.6 Å². The minimum absolute atomic E-state index is 0.335. The van der Waals surface area contributed by atoms with Crippen molar-refractivity contribution in [3.63, 3.8) is 0 Å². The third kappa shape index (κ3) is 2.73. The van der Waals surface area contributed by atoms with E-state index in [-0.39, 0.29) is 0 Å². The fraction of sp³-hybridized carbons (Fsp3) is 0.917. The first-order valence-corrected chi connectivity index (χ1v) is 11.3. The Hall–Kier alpha value is -0.340. The Balaban J connectivity index is 1.65. The van der Waals surface area contributed by atoms with E-state index in [0.717, 1.165) is 43.8 Å². The SMILES string of the molecule is C/C=C1/CCC2C3CCC4CC(C)(O)CCC4(COCC)C3CCC12C. The highest BCUT2D eigenvalue weighted by Crippen LogP contribution is 2.68. The van der Waals surface area contributed by atoms with E-state index in [2.05, 4.69) is 33.8 Å². The first-order valence-electron chi connectivity index (χ1n) is 11.3. The van der Waals surface area contributed by atoms with Crippen LogP contribution in [0.4, 0.5) is 0 Å². The topological polar surface area (TPSA) is 29.5 Å². The summed E-state index contributed by atoms with van der Waals surface area (Å²) < 4.78 is 6.14. The van der Waals surface area contributed by atoms with Gasteiger partial charge in [-0.1, -0.05) is 18.6 Å². The second-order valence-electron chi connectivity index (χ2n) is 10.5. The largest absolute Gasteiger partial charge is 0.390 e. The third-order valence-corrected chi connectivity index (χ3v) is 9.42. The van der Waals surface area contributed by atoms with Gasteiger partial charge in [0.2, 0.25) is 0 Å². The van der Waals surface area contributed by atoms with Gasteiger partial charge < -0.3 is 9.84 Å². The van der Waals surface area contributed by atoms with Gasteiger partial charge in [-0.15, -0.1) is 0 Å². The molecule has 0 bridgehead atoms. The third-order valence-electron chi connectivity index (χ3n) is 9.42. The van der Waals surface area contributed by atoms with E-state index in [9.17, 15) is 5.11 Å².